The minimum atomic E-state index is -0.405. The Bertz CT molecular complexity index is 1120. The van der Waals surface area contributed by atoms with Crippen LogP contribution in [0.3, 0.4) is 0 Å². The molecular formula is C24H27FN6O. The zero-order chi connectivity index (χ0) is 22.7. The predicted octanol–water partition coefficient (Wildman–Crippen LogP) is 3.62. The molecule has 7 nitrogen and oxygen atoms in total. The van der Waals surface area contributed by atoms with Crippen molar-refractivity contribution in [3.63, 3.8) is 0 Å². The van der Waals surface area contributed by atoms with E-state index in [0.29, 0.717) is 40.4 Å². The van der Waals surface area contributed by atoms with Gasteiger partial charge in [0, 0.05) is 61.0 Å². The van der Waals surface area contributed by atoms with E-state index >= 15 is 0 Å². The molecule has 1 fully saturated rings. The second kappa shape index (κ2) is 9.21. The van der Waals surface area contributed by atoms with E-state index in [4.69, 9.17) is 21.3 Å². The quantitative estimate of drug-likeness (QED) is 0.461. The van der Waals surface area contributed by atoms with E-state index < -0.39 is 5.82 Å². The number of hydrogen-bond acceptors (Lipinski definition) is 7. The molecule has 32 heavy (non-hydrogen) atoms. The number of anilines is 1. The predicted molar refractivity (Wildman–Crippen MR) is 124 cm³/mol. The molecule has 1 aromatic carbocycles. The van der Waals surface area contributed by atoms with Crippen LogP contribution in [0.4, 0.5) is 10.2 Å². The van der Waals surface area contributed by atoms with Gasteiger partial charge in [-0.3, -0.25) is 5.41 Å². The molecule has 0 amide bonds. The standard InChI is InChI=1S/C24H27FN6O/c1-29-11-16-6-15(9-26)23(30-10-14-2-3-14)17-8-21(24(28)31-12-17)32-13-18-7-19(25)4-5-20(18)22(16)27/h4-5,7-9,11-12,14,26-27,29-30H,2-3,6,10,13H2,1H3,(H2,28,31)/b16-11-,23-15-,26-9?,27-22?. The molecule has 2 heterocycles. The van der Waals surface area contributed by atoms with Gasteiger partial charge in [0.15, 0.2) is 11.6 Å². The number of nitrogen functional groups attached to an aromatic ring is 1. The summed E-state index contributed by atoms with van der Waals surface area (Å²) >= 11 is 0. The molecule has 0 atom stereocenters. The highest BCUT2D eigenvalue weighted by Crippen LogP contribution is 2.32. The molecule has 0 radical (unpaired) electrons. The Morgan fingerprint density at radius 3 is 2.84 bits per heavy atom. The Morgan fingerprint density at radius 2 is 2.12 bits per heavy atom. The number of halogens is 1. The average Bonchev–Trinajstić information content (AvgIpc) is 3.61. The molecule has 6 N–H and O–H groups in total. The molecule has 8 heteroatoms. The number of aromatic nitrogens is 1. The van der Waals surface area contributed by atoms with Crippen LogP contribution in [0.25, 0.3) is 5.70 Å². The summed E-state index contributed by atoms with van der Waals surface area (Å²) in [5.41, 5.74) is 10.3. The number of fused-ring (bicyclic) bond motifs is 3. The fourth-order valence-corrected chi connectivity index (χ4v) is 3.73. The number of nitrogens with one attached hydrogen (secondary N) is 4. The number of benzene rings is 1. The summed E-state index contributed by atoms with van der Waals surface area (Å²) in [6.07, 6.45) is 7.44. The van der Waals surface area contributed by atoms with Gasteiger partial charge < -0.3 is 26.5 Å². The molecule has 0 unspecified atom stereocenters. The first-order valence-electron chi connectivity index (χ1n) is 10.6. The number of rotatable bonds is 5. The maximum Gasteiger partial charge on any atom is 0.166 e. The van der Waals surface area contributed by atoms with Crippen molar-refractivity contribution in [3.05, 3.63) is 70.3 Å². The van der Waals surface area contributed by atoms with Gasteiger partial charge in [-0.15, -0.1) is 0 Å². The van der Waals surface area contributed by atoms with Crippen LogP contribution in [-0.2, 0) is 6.61 Å². The van der Waals surface area contributed by atoms with E-state index in [-0.39, 0.29) is 18.1 Å². The monoisotopic (exact) mass is 434 g/mol. The molecule has 166 valence electrons. The molecular weight excluding hydrogens is 407 g/mol. The Balaban J connectivity index is 1.87. The van der Waals surface area contributed by atoms with Crippen molar-refractivity contribution < 1.29 is 9.13 Å². The first-order valence-corrected chi connectivity index (χ1v) is 10.6. The fraction of sp³-hybridized carbons (Fsp3) is 0.292. The van der Waals surface area contributed by atoms with Crippen LogP contribution < -0.4 is 21.1 Å². The molecule has 4 rings (SSSR count). The van der Waals surface area contributed by atoms with Gasteiger partial charge in [0.2, 0.25) is 0 Å². The van der Waals surface area contributed by atoms with Gasteiger partial charge in [-0.25, -0.2) is 9.37 Å². The van der Waals surface area contributed by atoms with Gasteiger partial charge in [-0.1, -0.05) is 0 Å². The summed E-state index contributed by atoms with van der Waals surface area (Å²) in [6, 6.07) is 6.09. The Kier molecular flexibility index (Phi) is 6.20. The normalized spacial score (nSPS) is 19.9. The van der Waals surface area contributed by atoms with Crippen LogP contribution >= 0.6 is 0 Å². The Labute approximate surface area is 186 Å². The molecule has 1 aromatic heterocycles. The Morgan fingerprint density at radius 1 is 1.31 bits per heavy atom. The van der Waals surface area contributed by atoms with Crippen molar-refractivity contribution >= 4 is 23.4 Å². The van der Waals surface area contributed by atoms with Gasteiger partial charge in [0.25, 0.3) is 0 Å². The van der Waals surface area contributed by atoms with Crippen LogP contribution in [0.5, 0.6) is 5.75 Å². The zero-order valence-electron chi connectivity index (χ0n) is 18.0. The Hall–Kier alpha value is -3.68. The smallest absolute Gasteiger partial charge is 0.166 e. The fourth-order valence-electron chi connectivity index (χ4n) is 3.73. The van der Waals surface area contributed by atoms with E-state index in [1.165, 1.54) is 31.2 Å². The van der Waals surface area contributed by atoms with E-state index in [2.05, 4.69) is 15.6 Å². The zero-order valence-corrected chi connectivity index (χ0v) is 18.0. The lowest BCUT2D eigenvalue weighted by molar-refractivity contribution is 0.306. The van der Waals surface area contributed by atoms with Crippen molar-refractivity contribution in [3.8, 4) is 5.75 Å². The molecule has 2 aromatic rings. The van der Waals surface area contributed by atoms with Crippen LogP contribution in [0.15, 0.2) is 47.8 Å². The molecule has 2 aliphatic rings. The van der Waals surface area contributed by atoms with Crippen molar-refractivity contribution in [1.82, 2.24) is 15.6 Å². The second-order valence-electron chi connectivity index (χ2n) is 8.08. The van der Waals surface area contributed by atoms with Gasteiger partial charge in [-0.2, -0.15) is 0 Å². The summed E-state index contributed by atoms with van der Waals surface area (Å²) in [6.45, 7) is 0.849. The van der Waals surface area contributed by atoms with Crippen molar-refractivity contribution in [2.75, 3.05) is 19.3 Å². The SMILES string of the molecule is CN/C=C1/C/C(C=N)=C(/NCC2CC2)c2cnc(N)c(c2)OCc2cc(F)ccc2C1=N. The summed E-state index contributed by atoms with van der Waals surface area (Å²) in [5, 5.41) is 23.5. The third-order valence-electron chi connectivity index (χ3n) is 5.67. The van der Waals surface area contributed by atoms with Gasteiger partial charge in [0.1, 0.15) is 12.4 Å². The molecule has 1 aliphatic carbocycles. The third kappa shape index (κ3) is 4.64. The first-order chi connectivity index (χ1) is 15.5. The highest BCUT2D eigenvalue weighted by molar-refractivity contribution is 6.12. The summed E-state index contributed by atoms with van der Waals surface area (Å²) < 4.78 is 19.9. The largest absolute Gasteiger partial charge is 0.485 e. The van der Waals surface area contributed by atoms with E-state index in [1.807, 2.05) is 0 Å². The minimum Gasteiger partial charge on any atom is -0.485 e. The van der Waals surface area contributed by atoms with Gasteiger partial charge in [0.05, 0.1) is 5.71 Å². The van der Waals surface area contributed by atoms with E-state index in [1.54, 1.807) is 31.6 Å². The molecule has 0 saturated heterocycles. The lowest BCUT2D eigenvalue weighted by Crippen LogP contribution is -2.20. The molecule has 1 saturated carbocycles. The van der Waals surface area contributed by atoms with E-state index in [9.17, 15) is 4.39 Å². The second-order valence-corrected chi connectivity index (χ2v) is 8.08. The number of ether oxygens (including phenoxy) is 1. The maximum absolute atomic E-state index is 14.0. The summed E-state index contributed by atoms with van der Waals surface area (Å²) in [7, 11) is 1.77. The molecule has 2 bridgehead atoms. The lowest BCUT2D eigenvalue weighted by Gasteiger charge is -2.21. The number of allylic oxidation sites excluding steroid dienone is 2. The average molecular weight is 435 g/mol. The first kappa shape index (κ1) is 21.5. The van der Waals surface area contributed by atoms with Crippen LogP contribution in [0, 0.1) is 22.6 Å². The van der Waals surface area contributed by atoms with Crippen LogP contribution in [0.1, 0.15) is 36.0 Å². The number of hydrogen-bond donors (Lipinski definition) is 5. The third-order valence-corrected chi connectivity index (χ3v) is 5.67. The summed E-state index contributed by atoms with van der Waals surface area (Å²) in [5.74, 6) is 0.831. The van der Waals surface area contributed by atoms with Crippen molar-refractivity contribution in [2.24, 2.45) is 5.92 Å². The molecule has 1 aliphatic heterocycles. The van der Waals surface area contributed by atoms with Gasteiger partial charge >= 0.3 is 0 Å². The number of pyridine rings is 1. The van der Waals surface area contributed by atoms with Crippen molar-refractivity contribution in [2.45, 2.75) is 25.9 Å². The maximum atomic E-state index is 14.0. The lowest BCUT2D eigenvalue weighted by atomic mass is 9.92. The van der Waals surface area contributed by atoms with Gasteiger partial charge in [-0.05, 0) is 54.2 Å². The van der Waals surface area contributed by atoms with Crippen LogP contribution in [0.2, 0.25) is 0 Å². The number of nitrogens with two attached hydrogens (primary N) is 1. The topological polar surface area (TPSA) is 120 Å². The van der Waals surface area contributed by atoms with Crippen LogP contribution in [-0.4, -0.2) is 30.5 Å². The summed E-state index contributed by atoms with van der Waals surface area (Å²) in [4.78, 5) is 4.29. The van der Waals surface area contributed by atoms with E-state index in [0.717, 1.165) is 17.8 Å². The highest BCUT2D eigenvalue weighted by atomic mass is 19.1. The van der Waals surface area contributed by atoms with Crippen molar-refractivity contribution in [1.29, 1.82) is 10.8 Å². The minimum absolute atomic E-state index is 0.0453. The highest BCUT2D eigenvalue weighted by Gasteiger charge is 2.24. The molecule has 0 spiro atoms. The number of nitrogens with zero attached hydrogens (tertiary/aromatic N) is 1.